The lowest BCUT2D eigenvalue weighted by Gasteiger charge is -2.13. The van der Waals surface area contributed by atoms with E-state index in [-0.39, 0.29) is 18.8 Å². The Bertz CT molecular complexity index is 1310. The van der Waals surface area contributed by atoms with Gasteiger partial charge in [0.2, 0.25) is 0 Å². The van der Waals surface area contributed by atoms with Crippen molar-refractivity contribution in [3.8, 4) is 17.2 Å². The third-order valence-electron chi connectivity index (χ3n) is 4.99. The maximum Gasteiger partial charge on any atom is 0.276 e. The second-order valence-corrected chi connectivity index (χ2v) is 8.19. The minimum absolute atomic E-state index is 0.250. The van der Waals surface area contributed by atoms with Crippen LogP contribution in [0.15, 0.2) is 95.5 Å². The highest BCUT2D eigenvalue weighted by Crippen LogP contribution is 2.32. The van der Waals surface area contributed by atoms with E-state index in [1.165, 1.54) is 0 Å². The number of amides is 2. The topological polar surface area (TPSA) is 85.9 Å². The molecule has 0 aliphatic carbocycles. The fourth-order valence-electron chi connectivity index (χ4n) is 3.31. The van der Waals surface area contributed by atoms with E-state index in [2.05, 4.69) is 26.8 Å². The first-order valence-corrected chi connectivity index (χ1v) is 11.7. The highest BCUT2D eigenvalue weighted by atomic mass is 79.9. The number of hydrogen-bond acceptors (Lipinski definition) is 5. The molecule has 8 heteroatoms. The van der Waals surface area contributed by atoms with Crippen molar-refractivity contribution < 1.29 is 23.8 Å². The molecule has 0 heterocycles. The molecule has 0 saturated carbocycles. The fourth-order valence-corrected chi connectivity index (χ4v) is 3.91. The molecule has 0 atom stereocenters. The molecule has 4 rings (SSSR count). The molecule has 0 saturated heterocycles. The molecule has 0 bridgehead atoms. The zero-order valence-electron chi connectivity index (χ0n) is 18.7. The average Bonchev–Trinajstić information content (AvgIpc) is 2.90. The van der Waals surface area contributed by atoms with E-state index in [9.17, 15) is 9.59 Å². The molecular weight excluding hydrogens is 512 g/mol. The predicted molar refractivity (Wildman–Crippen MR) is 137 cm³/mol. The fraction of sp³-hybridized carbons (Fsp3) is 0.111. The van der Waals surface area contributed by atoms with Gasteiger partial charge in [-0.25, -0.2) is 0 Å². The Morgan fingerprint density at radius 3 is 2.26 bits per heavy atom. The van der Waals surface area contributed by atoms with Gasteiger partial charge < -0.3 is 14.2 Å². The summed E-state index contributed by atoms with van der Waals surface area (Å²) in [6, 6.07) is 27.7. The molecule has 4 aromatic rings. The number of carbonyl (C=O) groups excluding carboxylic acids is 2. The molecule has 4 aromatic carbocycles. The van der Waals surface area contributed by atoms with E-state index in [4.69, 9.17) is 14.2 Å². The number of ether oxygens (including phenoxy) is 3. The second-order valence-electron chi connectivity index (χ2n) is 7.40. The van der Waals surface area contributed by atoms with Crippen LogP contribution in [-0.2, 0) is 4.79 Å². The van der Waals surface area contributed by atoms with Gasteiger partial charge in [0.1, 0.15) is 30.5 Å². The number of fused-ring (bicyclic) bond motifs is 1. The van der Waals surface area contributed by atoms with Gasteiger partial charge in [0.15, 0.2) is 6.61 Å². The van der Waals surface area contributed by atoms with Crippen molar-refractivity contribution in [2.24, 2.45) is 0 Å². The lowest BCUT2D eigenvalue weighted by atomic mass is 10.1. The number of rotatable bonds is 9. The maximum atomic E-state index is 12.6. The zero-order chi connectivity index (χ0) is 24.5. The van der Waals surface area contributed by atoms with Crippen molar-refractivity contribution in [1.82, 2.24) is 10.9 Å². The molecule has 0 aromatic heterocycles. The Labute approximate surface area is 211 Å². The summed E-state index contributed by atoms with van der Waals surface area (Å²) in [6.07, 6.45) is 0. The molecule has 2 amide bonds. The van der Waals surface area contributed by atoms with Gasteiger partial charge in [-0.05, 0) is 57.0 Å². The van der Waals surface area contributed by atoms with Crippen LogP contribution in [0.4, 0.5) is 0 Å². The van der Waals surface area contributed by atoms with Gasteiger partial charge in [-0.1, -0.05) is 60.7 Å². The molecule has 35 heavy (non-hydrogen) atoms. The molecular formula is C27H23BrN2O5. The number of hydrogen-bond donors (Lipinski definition) is 2. The third kappa shape index (κ3) is 6.51. The smallest absolute Gasteiger partial charge is 0.276 e. The van der Waals surface area contributed by atoms with Crippen LogP contribution in [0, 0.1) is 0 Å². The van der Waals surface area contributed by atoms with Crippen molar-refractivity contribution in [2.75, 3.05) is 19.8 Å². The Morgan fingerprint density at radius 1 is 0.686 bits per heavy atom. The molecule has 0 fully saturated rings. The standard InChI is InChI=1S/C27H23BrN2O5/c28-26-21-11-5-4-8-19(21)14-15-24(26)35-18-25(31)29-30-27(32)22-12-6-7-13-23(22)34-17-16-33-20-9-2-1-3-10-20/h1-15H,16-18H2,(H,29,31)(H,30,32). The van der Waals surface area contributed by atoms with E-state index >= 15 is 0 Å². The van der Waals surface area contributed by atoms with Crippen LogP contribution in [-0.4, -0.2) is 31.6 Å². The highest BCUT2D eigenvalue weighted by molar-refractivity contribution is 9.10. The first-order valence-electron chi connectivity index (χ1n) is 10.9. The van der Waals surface area contributed by atoms with Gasteiger partial charge in [0.25, 0.3) is 11.8 Å². The van der Waals surface area contributed by atoms with E-state index in [1.54, 1.807) is 30.3 Å². The Morgan fingerprint density at radius 2 is 1.40 bits per heavy atom. The first-order chi connectivity index (χ1) is 17.1. The first kappa shape index (κ1) is 24.1. The Hall–Kier alpha value is -4.04. The predicted octanol–water partition coefficient (Wildman–Crippen LogP) is 4.90. The second kappa shape index (κ2) is 11.9. The minimum atomic E-state index is -0.509. The normalized spacial score (nSPS) is 10.4. The summed E-state index contributed by atoms with van der Waals surface area (Å²) >= 11 is 3.52. The van der Waals surface area contributed by atoms with Crippen molar-refractivity contribution in [1.29, 1.82) is 0 Å². The van der Waals surface area contributed by atoms with Crippen LogP contribution in [0.3, 0.4) is 0 Å². The summed E-state index contributed by atoms with van der Waals surface area (Å²) in [5, 5.41) is 2.03. The molecule has 178 valence electrons. The van der Waals surface area contributed by atoms with Crippen molar-refractivity contribution in [3.63, 3.8) is 0 Å². The van der Waals surface area contributed by atoms with Crippen LogP contribution >= 0.6 is 15.9 Å². The zero-order valence-corrected chi connectivity index (χ0v) is 20.3. The number of benzene rings is 4. The molecule has 0 aliphatic heterocycles. The van der Waals surface area contributed by atoms with Crippen molar-refractivity contribution in [3.05, 3.63) is 101 Å². The molecule has 0 radical (unpaired) electrons. The number of hydrazine groups is 1. The van der Waals surface area contributed by atoms with E-state index in [1.807, 2.05) is 60.7 Å². The molecule has 2 N–H and O–H groups in total. The van der Waals surface area contributed by atoms with Crippen LogP contribution in [0.2, 0.25) is 0 Å². The van der Waals surface area contributed by atoms with Gasteiger partial charge in [-0.2, -0.15) is 0 Å². The van der Waals surface area contributed by atoms with Crippen molar-refractivity contribution in [2.45, 2.75) is 0 Å². The SMILES string of the molecule is O=C(COc1ccc2ccccc2c1Br)NNC(=O)c1ccccc1OCCOc1ccccc1. The number of para-hydroxylation sites is 2. The third-order valence-corrected chi connectivity index (χ3v) is 5.80. The largest absolute Gasteiger partial charge is 0.490 e. The quantitative estimate of drug-likeness (QED) is 0.235. The summed E-state index contributed by atoms with van der Waals surface area (Å²) < 4.78 is 17.7. The Balaban J connectivity index is 1.26. The van der Waals surface area contributed by atoms with E-state index in [0.717, 1.165) is 21.0 Å². The Kier molecular flexibility index (Phi) is 8.19. The maximum absolute atomic E-state index is 12.6. The minimum Gasteiger partial charge on any atom is -0.490 e. The summed E-state index contributed by atoms with van der Waals surface area (Å²) in [4.78, 5) is 24.9. The monoisotopic (exact) mass is 534 g/mol. The van der Waals surface area contributed by atoms with Gasteiger partial charge in [-0.3, -0.25) is 20.4 Å². The average molecular weight is 535 g/mol. The molecule has 0 spiro atoms. The summed E-state index contributed by atoms with van der Waals surface area (Å²) in [5.41, 5.74) is 5.04. The van der Waals surface area contributed by atoms with Crippen molar-refractivity contribution >= 4 is 38.5 Å². The molecule has 7 nitrogen and oxygen atoms in total. The number of carbonyl (C=O) groups is 2. The van der Waals surface area contributed by atoms with Crippen LogP contribution in [0.5, 0.6) is 17.2 Å². The summed E-state index contributed by atoms with van der Waals surface area (Å²) in [5.74, 6) is 0.634. The lowest BCUT2D eigenvalue weighted by molar-refractivity contribution is -0.123. The summed E-state index contributed by atoms with van der Waals surface area (Å²) in [6.45, 7) is 0.296. The number of halogens is 1. The highest BCUT2D eigenvalue weighted by Gasteiger charge is 2.14. The van der Waals surface area contributed by atoms with E-state index in [0.29, 0.717) is 18.1 Å². The van der Waals surface area contributed by atoms with Gasteiger partial charge in [0.05, 0.1) is 10.0 Å². The summed E-state index contributed by atoms with van der Waals surface area (Å²) in [7, 11) is 0. The molecule has 0 aliphatic rings. The van der Waals surface area contributed by atoms with Gasteiger partial charge in [0, 0.05) is 0 Å². The lowest BCUT2D eigenvalue weighted by Crippen LogP contribution is -2.44. The van der Waals surface area contributed by atoms with Crippen LogP contribution < -0.4 is 25.1 Å². The number of nitrogens with one attached hydrogen (secondary N) is 2. The van der Waals surface area contributed by atoms with Crippen LogP contribution in [0.25, 0.3) is 10.8 Å². The van der Waals surface area contributed by atoms with Crippen LogP contribution in [0.1, 0.15) is 10.4 Å². The van der Waals surface area contributed by atoms with Gasteiger partial charge in [-0.15, -0.1) is 0 Å². The van der Waals surface area contributed by atoms with Gasteiger partial charge >= 0.3 is 0 Å². The molecule has 0 unspecified atom stereocenters. The van der Waals surface area contributed by atoms with E-state index < -0.39 is 11.8 Å².